The molecule has 3 N–H and O–H groups in total. The molecule has 0 aliphatic carbocycles. The predicted octanol–water partition coefficient (Wildman–Crippen LogP) is 1.76. The number of ether oxygens (including phenoxy) is 1. The second kappa shape index (κ2) is 6.20. The van der Waals surface area contributed by atoms with Crippen LogP contribution >= 0.6 is 0 Å². The topological polar surface area (TPSA) is 64.3 Å². The fourth-order valence-corrected chi connectivity index (χ4v) is 1.41. The molecule has 94 valence electrons. The minimum Gasteiger partial charge on any atom is -0.495 e. The van der Waals surface area contributed by atoms with Crippen LogP contribution < -0.4 is 15.8 Å². The van der Waals surface area contributed by atoms with Crippen molar-refractivity contribution < 1.29 is 13.9 Å². The zero-order valence-electron chi connectivity index (χ0n) is 10.00. The number of hydrogen-bond donors (Lipinski definition) is 2. The van der Waals surface area contributed by atoms with E-state index in [1.165, 1.54) is 25.3 Å². The molecule has 5 heteroatoms. The van der Waals surface area contributed by atoms with Gasteiger partial charge in [-0.2, -0.15) is 0 Å². The Hall–Kier alpha value is -1.62. The van der Waals surface area contributed by atoms with E-state index >= 15 is 0 Å². The van der Waals surface area contributed by atoms with Crippen molar-refractivity contribution in [1.29, 1.82) is 0 Å². The van der Waals surface area contributed by atoms with Gasteiger partial charge >= 0.3 is 0 Å². The third-order valence-corrected chi connectivity index (χ3v) is 2.47. The van der Waals surface area contributed by atoms with E-state index in [4.69, 9.17) is 10.5 Å². The number of nitrogens with two attached hydrogens (primary N) is 1. The summed E-state index contributed by atoms with van der Waals surface area (Å²) in [5.41, 5.74) is 5.71. The first-order chi connectivity index (χ1) is 8.08. The standard InChI is InChI=1S/C12H17FN2O2/c1-8(5-6-14)12(16)15-10-7-9(13)3-4-11(10)17-2/h3-4,7-8H,5-6,14H2,1-2H3,(H,15,16). The van der Waals surface area contributed by atoms with E-state index in [-0.39, 0.29) is 11.8 Å². The van der Waals surface area contributed by atoms with Crippen LogP contribution in [0.3, 0.4) is 0 Å². The van der Waals surface area contributed by atoms with E-state index in [9.17, 15) is 9.18 Å². The molecule has 1 unspecified atom stereocenters. The van der Waals surface area contributed by atoms with Gasteiger partial charge < -0.3 is 15.8 Å². The van der Waals surface area contributed by atoms with E-state index in [2.05, 4.69) is 5.32 Å². The van der Waals surface area contributed by atoms with E-state index in [1.807, 2.05) is 0 Å². The van der Waals surface area contributed by atoms with Gasteiger partial charge in [-0.3, -0.25) is 4.79 Å². The maximum atomic E-state index is 13.1. The zero-order chi connectivity index (χ0) is 12.8. The largest absolute Gasteiger partial charge is 0.495 e. The summed E-state index contributed by atoms with van der Waals surface area (Å²) in [6.07, 6.45) is 0.587. The Balaban J connectivity index is 2.79. The van der Waals surface area contributed by atoms with Crippen LogP contribution in [0.25, 0.3) is 0 Å². The third kappa shape index (κ3) is 3.71. The quantitative estimate of drug-likeness (QED) is 0.824. The molecule has 0 aromatic heterocycles. The van der Waals surface area contributed by atoms with Gasteiger partial charge in [-0.15, -0.1) is 0 Å². The molecule has 0 aliphatic heterocycles. The summed E-state index contributed by atoms with van der Waals surface area (Å²) in [4.78, 5) is 11.7. The van der Waals surface area contributed by atoms with Gasteiger partial charge in [0.1, 0.15) is 11.6 Å². The average molecular weight is 240 g/mol. The van der Waals surface area contributed by atoms with E-state index in [0.717, 1.165) is 0 Å². The van der Waals surface area contributed by atoms with Gasteiger partial charge in [0.15, 0.2) is 0 Å². The normalized spacial score (nSPS) is 12.0. The molecule has 1 aromatic carbocycles. The number of carbonyl (C=O) groups is 1. The van der Waals surface area contributed by atoms with Crippen molar-refractivity contribution in [2.45, 2.75) is 13.3 Å². The van der Waals surface area contributed by atoms with Crippen LogP contribution in [0, 0.1) is 11.7 Å². The second-order valence-corrected chi connectivity index (χ2v) is 3.81. The van der Waals surface area contributed by atoms with Gasteiger partial charge in [-0.1, -0.05) is 6.92 Å². The highest BCUT2D eigenvalue weighted by molar-refractivity contribution is 5.93. The molecule has 17 heavy (non-hydrogen) atoms. The summed E-state index contributed by atoms with van der Waals surface area (Å²) >= 11 is 0. The van der Waals surface area contributed by atoms with Crippen molar-refractivity contribution >= 4 is 11.6 Å². The monoisotopic (exact) mass is 240 g/mol. The SMILES string of the molecule is COc1ccc(F)cc1NC(=O)C(C)CCN. The number of benzene rings is 1. The van der Waals surface area contributed by atoms with Gasteiger partial charge in [0, 0.05) is 12.0 Å². The van der Waals surface area contributed by atoms with E-state index in [1.54, 1.807) is 6.92 Å². The number of hydrogen-bond acceptors (Lipinski definition) is 3. The number of halogens is 1. The summed E-state index contributed by atoms with van der Waals surface area (Å²) in [7, 11) is 1.46. The van der Waals surface area contributed by atoms with Crippen molar-refractivity contribution in [1.82, 2.24) is 0 Å². The van der Waals surface area contributed by atoms with Crippen LogP contribution in [0.4, 0.5) is 10.1 Å². The van der Waals surface area contributed by atoms with Crippen molar-refractivity contribution in [3.63, 3.8) is 0 Å². The first-order valence-electron chi connectivity index (χ1n) is 5.43. The first-order valence-corrected chi connectivity index (χ1v) is 5.43. The minimum absolute atomic E-state index is 0.195. The zero-order valence-corrected chi connectivity index (χ0v) is 10.00. The summed E-state index contributed by atoms with van der Waals surface area (Å²) in [5.74, 6) is -0.403. The molecular weight excluding hydrogens is 223 g/mol. The Morgan fingerprint density at radius 3 is 2.88 bits per heavy atom. The highest BCUT2D eigenvalue weighted by Crippen LogP contribution is 2.25. The average Bonchev–Trinajstić information content (AvgIpc) is 2.29. The highest BCUT2D eigenvalue weighted by atomic mass is 19.1. The lowest BCUT2D eigenvalue weighted by Crippen LogP contribution is -2.23. The summed E-state index contributed by atoms with van der Waals surface area (Å²) in [5, 5.41) is 2.63. The first kappa shape index (κ1) is 13.4. The minimum atomic E-state index is -0.424. The molecule has 0 saturated heterocycles. The number of anilines is 1. The van der Waals surface area contributed by atoms with Crippen molar-refractivity contribution in [2.24, 2.45) is 11.7 Å². The number of carbonyl (C=O) groups excluding carboxylic acids is 1. The smallest absolute Gasteiger partial charge is 0.227 e. The molecule has 1 aromatic rings. The highest BCUT2D eigenvalue weighted by Gasteiger charge is 2.14. The predicted molar refractivity (Wildman–Crippen MR) is 64.4 cm³/mol. The Labute approximate surface area is 100.0 Å². The Morgan fingerprint density at radius 1 is 1.59 bits per heavy atom. The lowest BCUT2D eigenvalue weighted by atomic mass is 10.1. The molecule has 4 nitrogen and oxygen atoms in total. The maximum Gasteiger partial charge on any atom is 0.227 e. The fourth-order valence-electron chi connectivity index (χ4n) is 1.41. The maximum absolute atomic E-state index is 13.1. The fraction of sp³-hybridized carbons (Fsp3) is 0.417. The van der Waals surface area contributed by atoms with Gasteiger partial charge in [0.25, 0.3) is 0 Å². The van der Waals surface area contributed by atoms with Crippen LogP contribution in [0.5, 0.6) is 5.75 Å². The molecule has 0 aliphatic rings. The molecule has 0 radical (unpaired) electrons. The Bertz CT molecular complexity index is 396. The van der Waals surface area contributed by atoms with Crippen LogP contribution in [-0.2, 0) is 4.79 Å². The van der Waals surface area contributed by atoms with E-state index < -0.39 is 5.82 Å². The molecule has 0 saturated carbocycles. The van der Waals surface area contributed by atoms with Crippen LogP contribution in [0.1, 0.15) is 13.3 Å². The summed E-state index contributed by atoms with van der Waals surface area (Å²) < 4.78 is 18.1. The molecule has 1 rings (SSSR count). The van der Waals surface area contributed by atoms with Crippen molar-refractivity contribution in [3.8, 4) is 5.75 Å². The van der Waals surface area contributed by atoms with Gasteiger partial charge in [-0.25, -0.2) is 4.39 Å². The molecular formula is C12H17FN2O2. The number of nitrogens with one attached hydrogen (secondary N) is 1. The van der Waals surface area contributed by atoms with E-state index in [0.29, 0.717) is 24.4 Å². The Kier molecular flexibility index (Phi) is 4.90. The number of amides is 1. The van der Waals surface area contributed by atoms with Crippen LogP contribution in [0.2, 0.25) is 0 Å². The molecule has 0 bridgehead atoms. The van der Waals surface area contributed by atoms with Crippen LogP contribution in [0.15, 0.2) is 18.2 Å². The van der Waals surface area contributed by atoms with Gasteiger partial charge in [0.05, 0.1) is 12.8 Å². The summed E-state index contributed by atoms with van der Waals surface area (Å²) in [6, 6.07) is 3.97. The molecule has 0 spiro atoms. The summed E-state index contributed by atoms with van der Waals surface area (Å²) in [6.45, 7) is 2.21. The van der Waals surface area contributed by atoms with Crippen molar-refractivity contribution in [3.05, 3.63) is 24.0 Å². The molecule has 0 fully saturated rings. The van der Waals surface area contributed by atoms with Gasteiger partial charge in [0.2, 0.25) is 5.91 Å². The lowest BCUT2D eigenvalue weighted by molar-refractivity contribution is -0.119. The number of rotatable bonds is 5. The van der Waals surface area contributed by atoms with Crippen LogP contribution in [-0.4, -0.2) is 19.6 Å². The second-order valence-electron chi connectivity index (χ2n) is 3.81. The van der Waals surface area contributed by atoms with Crippen molar-refractivity contribution in [2.75, 3.05) is 19.0 Å². The molecule has 0 heterocycles. The molecule has 1 atom stereocenters. The molecule has 1 amide bonds. The lowest BCUT2D eigenvalue weighted by Gasteiger charge is -2.13. The van der Waals surface area contributed by atoms with Gasteiger partial charge in [-0.05, 0) is 25.1 Å². The third-order valence-electron chi connectivity index (χ3n) is 2.47. The Morgan fingerprint density at radius 2 is 2.29 bits per heavy atom. The number of methoxy groups -OCH3 is 1.